The summed E-state index contributed by atoms with van der Waals surface area (Å²) in [5, 5.41) is 8.10. The van der Waals surface area contributed by atoms with Gasteiger partial charge in [-0.05, 0) is 48.9 Å². The third kappa shape index (κ3) is 5.16. The first-order valence-corrected chi connectivity index (χ1v) is 8.89. The van der Waals surface area contributed by atoms with E-state index in [9.17, 15) is 18.4 Å². The molecule has 3 aromatic carbocycles. The van der Waals surface area contributed by atoms with E-state index in [-0.39, 0.29) is 18.1 Å². The molecule has 3 N–H and O–H groups in total. The molecule has 5 nitrogen and oxygen atoms in total. The molecule has 3 aromatic rings. The molecule has 0 fully saturated rings. The highest BCUT2D eigenvalue weighted by Crippen LogP contribution is 2.24. The first kappa shape index (κ1) is 20.0. The van der Waals surface area contributed by atoms with Gasteiger partial charge in [-0.3, -0.25) is 9.59 Å². The van der Waals surface area contributed by atoms with Gasteiger partial charge in [0, 0.05) is 23.0 Å². The molecule has 0 aromatic heterocycles. The quantitative estimate of drug-likeness (QED) is 0.572. The summed E-state index contributed by atoms with van der Waals surface area (Å²) in [6.07, 6.45) is 0. The first-order valence-electron chi connectivity index (χ1n) is 8.89. The molecule has 0 aliphatic heterocycles. The number of hydrogen-bond acceptors (Lipinski definition) is 3. The van der Waals surface area contributed by atoms with E-state index in [1.54, 1.807) is 49.4 Å². The second kappa shape index (κ2) is 8.97. The van der Waals surface area contributed by atoms with Gasteiger partial charge in [-0.25, -0.2) is 8.78 Å². The predicted octanol–water partition coefficient (Wildman–Crippen LogP) is 4.58. The van der Waals surface area contributed by atoms with Gasteiger partial charge in [0.15, 0.2) is 0 Å². The minimum atomic E-state index is -0.721. The summed E-state index contributed by atoms with van der Waals surface area (Å²) in [5.41, 5.74) is 2.27. The maximum Gasteiger partial charge on any atom is 0.255 e. The Hall–Kier alpha value is -3.74. The zero-order chi connectivity index (χ0) is 20.8. The molecule has 0 saturated carbocycles. The van der Waals surface area contributed by atoms with Crippen molar-refractivity contribution in [3.63, 3.8) is 0 Å². The van der Waals surface area contributed by atoms with Gasteiger partial charge >= 0.3 is 0 Å². The molecule has 29 heavy (non-hydrogen) atoms. The second-order valence-corrected chi connectivity index (χ2v) is 6.32. The predicted molar refractivity (Wildman–Crippen MR) is 109 cm³/mol. The smallest absolute Gasteiger partial charge is 0.255 e. The van der Waals surface area contributed by atoms with E-state index < -0.39 is 17.5 Å². The van der Waals surface area contributed by atoms with Crippen molar-refractivity contribution in [3.05, 3.63) is 89.5 Å². The maximum atomic E-state index is 13.6. The van der Waals surface area contributed by atoms with E-state index in [4.69, 9.17) is 0 Å². The van der Waals surface area contributed by atoms with E-state index >= 15 is 0 Å². The van der Waals surface area contributed by atoms with Crippen LogP contribution in [0.15, 0.2) is 66.7 Å². The molecule has 0 unspecified atom stereocenters. The van der Waals surface area contributed by atoms with Gasteiger partial charge in [0.05, 0.1) is 12.2 Å². The summed E-state index contributed by atoms with van der Waals surface area (Å²) in [6, 6.07) is 16.9. The van der Waals surface area contributed by atoms with Crippen LogP contribution < -0.4 is 16.0 Å². The summed E-state index contributed by atoms with van der Waals surface area (Å²) in [6.45, 7) is 1.64. The van der Waals surface area contributed by atoms with Crippen LogP contribution in [0.2, 0.25) is 0 Å². The van der Waals surface area contributed by atoms with E-state index in [2.05, 4.69) is 16.0 Å². The van der Waals surface area contributed by atoms with Crippen molar-refractivity contribution in [2.24, 2.45) is 0 Å². The lowest BCUT2D eigenvalue weighted by Gasteiger charge is -2.14. The Morgan fingerprint density at radius 3 is 2.31 bits per heavy atom. The number of amides is 2. The van der Waals surface area contributed by atoms with Gasteiger partial charge in [-0.1, -0.05) is 24.3 Å². The number of rotatable bonds is 6. The Kier molecular flexibility index (Phi) is 6.19. The molecule has 0 atom stereocenters. The number of benzene rings is 3. The Labute approximate surface area is 166 Å². The summed E-state index contributed by atoms with van der Waals surface area (Å²) in [4.78, 5) is 24.4. The monoisotopic (exact) mass is 395 g/mol. The molecule has 0 radical (unpaired) electrons. The third-order valence-corrected chi connectivity index (χ3v) is 4.26. The van der Waals surface area contributed by atoms with Crippen molar-refractivity contribution in [2.45, 2.75) is 6.92 Å². The highest BCUT2D eigenvalue weighted by Gasteiger charge is 2.11. The Morgan fingerprint density at radius 2 is 1.55 bits per heavy atom. The average molecular weight is 395 g/mol. The Balaban J connectivity index is 1.64. The topological polar surface area (TPSA) is 70.2 Å². The lowest BCUT2D eigenvalue weighted by atomic mass is 10.1. The molecule has 0 aliphatic carbocycles. The maximum absolute atomic E-state index is 13.6. The van der Waals surface area contributed by atoms with Crippen molar-refractivity contribution >= 4 is 28.9 Å². The van der Waals surface area contributed by atoms with Crippen LogP contribution in [-0.4, -0.2) is 18.4 Å². The van der Waals surface area contributed by atoms with Gasteiger partial charge in [-0.15, -0.1) is 0 Å². The standard InChI is InChI=1S/C22H19F2N3O2/c1-14-18(25-13-21(28)26-20-12-16(23)10-11-17(20)24)8-5-9-19(14)27-22(29)15-6-3-2-4-7-15/h2-12,25H,13H2,1H3,(H,26,28)(H,27,29). The largest absolute Gasteiger partial charge is 0.376 e. The molecule has 2 amide bonds. The summed E-state index contributed by atoms with van der Waals surface area (Å²) in [5.74, 6) is -2.15. The zero-order valence-electron chi connectivity index (χ0n) is 15.6. The van der Waals surface area contributed by atoms with Crippen LogP contribution in [0.25, 0.3) is 0 Å². The van der Waals surface area contributed by atoms with Crippen LogP contribution in [0.1, 0.15) is 15.9 Å². The van der Waals surface area contributed by atoms with Crippen LogP contribution in [0.4, 0.5) is 25.8 Å². The fourth-order valence-electron chi connectivity index (χ4n) is 2.71. The SMILES string of the molecule is Cc1c(NCC(=O)Nc2cc(F)ccc2F)cccc1NC(=O)c1ccccc1. The second-order valence-electron chi connectivity index (χ2n) is 6.32. The first-order chi connectivity index (χ1) is 13.9. The van der Waals surface area contributed by atoms with Crippen LogP contribution >= 0.6 is 0 Å². The zero-order valence-corrected chi connectivity index (χ0v) is 15.6. The minimum Gasteiger partial charge on any atom is -0.376 e. The summed E-state index contributed by atoms with van der Waals surface area (Å²) >= 11 is 0. The van der Waals surface area contributed by atoms with E-state index in [1.807, 2.05) is 6.07 Å². The fourth-order valence-corrected chi connectivity index (χ4v) is 2.71. The minimum absolute atomic E-state index is 0.160. The van der Waals surface area contributed by atoms with E-state index in [0.717, 1.165) is 23.8 Å². The van der Waals surface area contributed by atoms with Gasteiger partial charge < -0.3 is 16.0 Å². The lowest BCUT2D eigenvalue weighted by molar-refractivity contribution is -0.114. The van der Waals surface area contributed by atoms with Crippen molar-refractivity contribution in [3.8, 4) is 0 Å². The van der Waals surface area contributed by atoms with Gasteiger partial charge in [0.1, 0.15) is 11.6 Å². The molecular formula is C22H19F2N3O2. The Bertz CT molecular complexity index is 1040. The van der Waals surface area contributed by atoms with Crippen LogP contribution in [0.3, 0.4) is 0 Å². The van der Waals surface area contributed by atoms with Crippen molar-refractivity contribution in [2.75, 3.05) is 22.5 Å². The van der Waals surface area contributed by atoms with Crippen molar-refractivity contribution in [1.29, 1.82) is 0 Å². The normalized spacial score (nSPS) is 10.3. The Morgan fingerprint density at radius 1 is 0.828 bits per heavy atom. The van der Waals surface area contributed by atoms with Crippen LogP contribution in [-0.2, 0) is 4.79 Å². The number of carbonyl (C=O) groups is 2. The average Bonchev–Trinajstić information content (AvgIpc) is 2.72. The lowest BCUT2D eigenvalue weighted by Crippen LogP contribution is -2.23. The van der Waals surface area contributed by atoms with Crippen LogP contribution in [0, 0.1) is 18.6 Å². The van der Waals surface area contributed by atoms with E-state index in [1.165, 1.54) is 0 Å². The summed E-state index contributed by atoms with van der Waals surface area (Å²) in [7, 11) is 0. The number of nitrogens with one attached hydrogen (secondary N) is 3. The van der Waals surface area contributed by atoms with Gasteiger partial charge in [0.2, 0.25) is 5.91 Å². The van der Waals surface area contributed by atoms with Gasteiger partial charge in [-0.2, -0.15) is 0 Å². The fraction of sp³-hybridized carbons (Fsp3) is 0.0909. The van der Waals surface area contributed by atoms with E-state index in [0.29, 0.717) is 16.9 Å². The van der Waals surface area contributed by atoms with Crippen LogP contribution in [0.5, 0.6) is 0 Å². The molecular weight excluding hydrogens is 376 g/mol. The molecule has 0 bridgehead atoms. The molecule has 148 valence electrons. The van der Waals surface area contributed by atoms with Gasteiger partial charge in [0.25, 0.3) is 5.91 Å². The highest BCUT2D eigenvalue weighted by molar-refractivity contribution is 6.05. The molecule has 3 rings (SSSR count). The third-order valence-electron chi connectivity index (χ3n) is 4.26. The highest BCUT2D eigenvalue weighted by atomic mass is 19.1. The molecule has 7 heteroatoms. The molecule has 0 aliphatic rings. The molecule has 0 heterocycles. The van der Waals surface area contributed by atoms with Crippen molar-refractivity contribution < 1.29 is 18.4 Å². The number of carbonyl (C=O) groups excluding carboxylic acids is 2. The summed E-state index contributed by atoms with van der Waals surface area (Å²) < 4.78 is 26.8. The number of anilines is 3. The van der Waals surface area contributed by atoms with Crippen molar-refractivity contribution in [1.82, 2.24) is 0 Å². The number of halogens is 2. The molecule has 0 spiro atoms. The number of hydrogen-bond donors (Lipinski definition) is 3. The molecule has 0 saturated heterocycles.